The van der Waals surface area contributed by atoms with Gasteiger partial charge in [-0.2, -0.15) is 0 Å². The van der Waals surface area contributed by atoms with Crippen molar-refractivity contribution in [3.05, 3.63) is 36.0 Å². The van der Waals surface area contributed by atoms with Gasteiger partial charge in [-0.25, -0.2) is 4.79 Å². The lowest BCUT2D eigenvalue weighted by molar-refractivity contribution is -0.141. The zero-order valence-corrected chi connectivity index (χ0v) is 9.93. The van der Waals surface area contributed by atoms with Crippen LogP contribution in [0, 0.1) is 0 Å². The van der Waals surface area contributed by atoms with Crippen LogP contribution in [0.5, 0.6) is 0 Å². The molecule has 1 atom stereocenters. The van der Waals surface area contributed by atoms with Crippen LogP contribution in [-0.2, 0) is 9.59 Å². The van der Waals surface area contributed by atoms with Gasteiger partial charge >= 0.3 is 5.97 Å². The maximum absolute atomic E-state index is 11.4. The molecule has 0 bridgehead atoms. The number of aromatic amines is 1. The number of carboxylic acid groups (broad SMARTS) is 1. The van der Waals surface area contributed by atoms with Gasteiger partial charge in [-0.3, -0.25) is 4.79 Å². The standard InChI is InChI=1S/C13H14N2O3/c1-2-11(16)15-12(13(17)18)9-7-14-10-6-4-3-5-8(9)10/h3-7,12,14H,2H2,1H3,(H,15,16)(H,17,18). The molecule has 1 heterocycles. The molecule has 0 aliphatic carbocycles. The van der Waals surface area contributed by atoms with Crippen LogP contribution in [0.15, 0.2) is 30.5 Å². The van der Waals surface area contributed by atoms with E-state index in [9.17, 15) is 14.7 Å². The first-order valence-electron chi connectivity index (χ1n) is 5.71. The summed E-state index contributed by atoms with van der Waals surface area (Å²) in [4.78, 5) is 25.6. The molecule has 5 heteroatoms. The summed E-state index contributed by atoms with van der Waals surface area (Å²) in [5.74, 6) is -1.35. The highest BCUT2D eigenvalue weighted by Gasteiger charge is 2.24. The Hall–Kier alpha value is -2.30. The minimum Gasteiger partial charge on any atom is -0.479 e. The third-order valence-electron chi connectivity index (χ3n) is 2.81. The average Bonchev–Trinajstić information content (AvgIpc) is 2.79. The van der Waals surface area contributed by atoms with Crippen LogP contribution in [0.3, 0.4) is 0 Å². The van der Waals surface area contributed by atoms with Crippen molar-refractivity contribution in [3.63, 3.8) is 0 Å². The second kappa shape index (κ2) is 4.91. The van der Waals surface area contributed by atoms with Crippen LogP contribution >= 0.6 is 0 Å². The van der Waals surface area contributed by atoms with Crippen molar-refractivity contribution in [1.82, 2.24) is 10.3 Å². The maximum Gasteiger partial charge on any atom is 0.330 e. The van der Waals surface area contributed by atoms with Gasteiger partial charge < -0.3 is 15.4 Å². The summed E-state index contributed by atoms with van der Waals surface area (Å²) < 4.78 is 0. The Morgan fingerprint density at radius 2 is 2.11 bits per heavy atom. The predicted octanol–water partition coefficient (Wildman–Crippen LogP) is 1.82. The summed E-state index contributed by atoms with van der Waals surface area (Å²) in [5, 5.41) is 12.5. The van der Waals surface area contributed by atoms with E-state index in [1.807, 2.05) is 24.3 Å². The molecule has 0 radical (unpaired) electrons. The van der Waals surface area contributed by atoms with Gasteiger partial charge in [-0.1, -0.05) is 25.1 Å². The molecule has 1 aromatic heterocycles. The van der Waals surface area contributed by atoms with Crippen LogP contribution in [0.25, 0.3) is 10.9 Å². The van der Waals surface area contributed by atoms with E-state index >= 15 is 0 Å². The molecule has 0 fully saturated rings. The molecule has 0 saturated heterocycles. The molecule has 2 aromatic rings. The molecule has 0 aliphatic heterocycles. The number of carbonyl (C=O) groups is 2. The van der Waals surface area contributed by atoms with E-state index in [2.05, 4.69) is 10.3 Å². The van der Waals surface area contributed by atoms with Crippen LogP contribution in [0.4, 0.5) is 0 Å². The molecule has 0 saturated carbocycles. The van der Waals surface area contributed by atoms with E-state index in [1.54, 1.807) is 13.1 Å². The van der Waals surface area contributed by atoms with Gasteiger partial charge in [0.25, 0.3) is 0 Å². The first-order chi connectivity index (χ1) is 8.63. The monoisotopic (exact) mass is 246 g/mol. The van der Waals surface area contributed by atoms with Crippen molar-refractivity contribution in [2.45, 2.75) is 19.4 Å². The molecule has 2 rings (SSSR count). The lowest BCUT2D eigenvalue weighted by atomic mass is 10.1. The van der Waals surface area contributed by atoms with Gasteiger partial charge in [0.1, 0.15) is 0 Å². The van der Waals surface area contributed by atoms with Gasteiger partial charge in [-0.15, -0.1) is 0 Å². The lowest BCUT2D eigenvalue weighted by Crippen LogP contribution is -2.33. The number of hydrogen-bond donors (Lipinski definition) is 3. The Morgan fingerprint density at radius 3 is 2.78 bits per heavy atom. The predicted molar refractivity (Wildman–Crippen MR) is 67.1 cm³/mol. The van der Waals surface area contributed by atoms with E-state index in [0.717, 1.165) is 10.9 Å². The van der Waals surface area contributed by atoms with Crippen LogP contribution < -0.4 is 5.32 Å². The van der Waals surface area contributed by atoms with Crippen molar-refractivity contribution in [1.29, 1.82) is 0 Å². The molecule has 1 unspecified atom stereocenters. The summed E-state index contributed by atoms with van der Waals surface area (Å²) in [5.41, 5.74) is 1.42. The van der Waals surface area contributed by atoms with Crippen molar-refractivity contribution in [2.24, 2.45) is 0 Å². The number of carboxylic acids is 1. The molecule has 1 amide bonds. The Labute approximate surface area is 104 Å². The van der Waals surface area contributed by atoms with Gasteiger partial charge in [0, 0.05) is 29.1 Å². The minimum atomic E-state index is -1.07. The lowest BCUT2D eigenvalue weighted by Gasteiger charge is -2.13. The Kier molecular flexibility index (Phi) is 3.32. The molecular weight excluding hydrogens is 232 g/mol. The Morgan fingerprint density at radius 1 is 1.39 bits per heavy atom. The highest BCUT2D eigenvalue weighted by atomic mass is 16.4. The number of amides is 1. The first-order valence-corrected chi connectivity index (χ1v) is 5.71. The number of fused-ring (bicyclic) bond motifs is 1. The zero-order valence-electron chi connectivity index (χ0n) is 9.93. The zero-order chi connectivity index (χ0) is 13.1. The minimum absolute atomic E-state index is 0.256. The molecule has 0 spiro atoms. The topological polar surface area (TPSA) is 82.2 Å². The molecule has 94 valence electrons. The SMILES string of the molecule is CCC(=O)NC(C(=O)O)c1c[nH]c2ccccc12. The number of aromatic nitrogens is 1. The molecule has 3 N–H and O–H groups in total. The highest BCUT2D eigenvalue weighted by Crippen LogP contribution is 2.24. The van der Waals surface area contributed by atoms with Gasteiger partial charge in [-0.05, 0) is 6.07 Å². The summed E-state index contributed by atoms with van der Waals surface area (Å²) in [6, 6.07) is 6.37. The third-order valence-corrected chi connectivity index (χ3v) is 2.81. The normalized spacial score (nSPS) is 12.3. The molecule has 18 heavy (non-hydrogen) atoms. The highest BCUT2D eigenvalue weighted by molar-refractivity contribution is 5.91. The summed E-state index contributed by atoms with van der Waals surface area (Å²) in [6.07, 6.45) is 1.88. The van der Waals surface area contributed by atoms with Gasteiger partial charge in [0.05, 0.1) is 0 Å². The van der Waals surface area contributed by atoms with E-state index in [-0.39, 0.29) is 12.3 Å². The van der Waals surface area contributed by atoms with E-state index < -0.39 is 12.0 Å². The average molecular weight is 246 g/mol. The smallest absolute Gasteiger partial charge is 0.330 e. The number of aliphatic carboxylic acids is 1. The van der Waals surface area contributed by atoms with Gasteiger partial charge in [0.2, 0.25) is 5.91 Å². The molecule has 1 aromatic carbocycles. The molecular formula is C13H14N2O3. The number of carbonyl (C=O) groups excluding carboxylic acids is 1. The van der Waals surface area contributed by atoms with E-state index in [4.69, 9.17) is 0 Å². The second-order valence-electron chi connectivity index (χ2n) is 3.98. The van der Waals surface area contributed by atoms with Crippen LogP contribution in [0.1, 0.15) is 24.9 Å². The molecule has 0 aliphatic rings. The van der Waals surface area contributed by atoms with Crippen LogP contribution in [0.2, 0.25) is 0 Å². The third kappa shape index (κ3) is 2.20. The summed E-state index contributed by atoms with van der Waals surface area (Å²) >= 11 is 0. The van der Waals surface area contributed by atoms with Crippen molar-refractivity contribution in [3.8, 4) is 0 Å². The fourth-order valence-electron chi connectivity index (χ4n) is 1.87. The number of H-pyrrole nitrogens is 1. The number of rotatable bonds is 4. The number of para-hydroxylation sites is 1. The second-order valence-corrected chi connectivity index (χ2v) is 3.98. The number of nitrogens with one attached hydrogen (secondary N) is 2. The van der Waals surface area contributed by atoms with Crippen molar-refractivity contribution < 1.29 is 14.7 Å². The van der Waals surface area contributed by atoms with E-state index in [0.29, 0.717) is 5.56 Å². The Balaban J connectivity index is 2.42. The fourth-order valence-corrected chi connectivity index (χ4v) is 1.87. The van der Waals surface area contributed by atoms with Crippen molar-refractivity contribution >= 4 is 22.8 Å². The van der Waals surface area contributed by atoms with E-state index in [1.165, 1.54) is 0 Å². The number of hydrogen-bond acceptors (Lipinski definition) is 2. The number of benzene rings is 1. The molecule has 5 nitrogen and oxygen atoms in total. The maximum atomic E-state index is 11.4. The Bertz CT molecular complexity index is 589. The van der Waals surface area contributed by atoms with Crippen LogP contribution in [-0.4, -0.2) is 22.0 Å². The summed E-state index contributed by atoms with van der Waals surface area (Å²) in [7, 11) is 0. The van der Waals surface area contributed by atoms with Crippen molar-refractivity contribution in [2.75, 3.05) is 0 Å². The van der Waals surface area contributed by atoms with Gasteiger partial charge in [0.15, 0.2) is 6.04 Å². The quantitative estimate of drug-likeness (QED) is 0.769. The largest absolute Gasteiger partial charge is 0.479 e. The summed E-state index contributed by atoms with van der Waals surface area (Å²) in [6.45, 7) is 1.68. The first kappa shape index (κ1) is 12.2. The fraction of sp³-hybridized carbons (Fsp3) is 0.231.